The van der Waals surface area contributed by atoms with E-state index in [-0.39, 0.29) is 29.1 Å². The molecule has 2 heterocycles. The van der Waals surface area contributed by atoms with E-state index >= 15 is 0 Å². The van der Waals surface area contributed by atoms with Crippen molar-refractivity contribution in [2.75, 3.05) is 10.7 Å². The number of nitrogens with zero attached hydrogens (tertiary/aromatic N) is 2. The van der Waals surface area contributed by atoms with E-state index in [1.807, 2.05) is 0 Å². The largest absolute Gasteiger partial charge is 0.357 e. The fraction of sp³-hybridized carbons (Fsp3) is 0.333. The second kappa shape index (κ2) is 5.15. The van der Waals surface area contributed by atoms with Crippen LogP contribution in [-0.4, -0.2) is 27.8 Å². The first-order chi connectivity index (χ1) is 8.60. The number of rotatable bonds is 3. The maximum Gasteiger partial charge on any atom is 0.249 e. The Balaban J connectivity index is 2.13. The summed E-state index contributed by atoms with van der Waals surface area (Å²) < 4.78 is 0. The zero-order valence-electron chi connectivity index (χ0n) is 9.24. The first kappa shape index (κ1) is 12.5. The van der Waals surface area contributed by atoms with Crippen molar-refractivity contribution in [1.29, 1.82) is 0 Å². The van der Waals surface area contributed by atoms with Crippen molar-refractivity contribution in [3.63, 3.8) is 0 Å². The molecule has 2 rings (SSSR count). The van der Waals surface area contributed by atoms with Crippen LogP contribution in [0.2, 0.25) is 5.02 Å². The number of hydrogen-bond donors (Lipinski definition) is 4. The van der Waals surface area contributed by atoms with Crippen molar-refractivity contribution < 1.29 is 9.59 Å². The van der Waals surface area contributed by atoms with E-state index in [9.17, 15) is 9.59 Å². The Morgan fingerprint density at radius 1 is 1.50 bits per heavy atom. The third-order valence-corrected chi connectivity index (χ3v) is 2.70. The number of amides is 2. The number of nitrogens with one attached hydrogen (secondary N) is 3. The van der Waals surface area contributed by atoms with E-state index < -0.39 is 11.9 Å². The highest BCUT2D eigenvalue weighted by molar-refractivity contribution is 6.32. The Kier molecular flexibility index (Phi) is 3.58. The lowest BCUT2D eigenvalue weighted by molar-refractivity contribution is -0.133. The molecule has 1 unspecified atom stereocenters. The summed E-state index contributed by atoms with van der Waals surface area (Å²) >= 11 is 5.89. The van der Waals surface area contributed by atoms with Crippen LogP contribution < -0.4 is 21.9 Å². The molecule has 1 saturated heterocycles. The molecular weight excluding hydrogens is 260 g/mol. The Bertz CT molecular complexity index is 494. The summed E-state index contributed by atoms with van der Waals surface area (Å²) in [4.78, 5) is 30.3. The number of aromatic nitrogens is 2. The number of nitrogen functional groups attached to an aromatic ring is 1. The van der Waals surface area contributed by atoms with E-state index in [1.54, 1.807) is 0 Å². The van der Waals surface area contributed by atoms with Crippen LogP contribution in [0.25, 0.3) is 0 Å². The quantitative estimate of drug-likeness (QED) is 0.336. The highest BCUT2D eigenvalue weighted by atomic mass is 35.5. The predicted octanol–water partition coefficient (Wildman–Crippen LogP) is -0.367. The van der Waals surface area contributed by atoms with Gasteiger partial charge in [-0.2, -0.15) is 4.98 Å². The standard InChI is InChI=1S/C9H11ClN6O2/c10-4-3-12-9(16-11)15-7(4)13-5-1-2-6(17)14-8(5)18/h3,5H,1-2,11H2,(H,14,17,18)(H2,12,13,15,16). The fourth-order valence-electron chi connectivity index (χ4n) is 1.53. The molecule has 1 aromatic heterocycles. The lowest BCUT2D eigenvalue weighted by atomic mass is 10.1. The minimum absolute atomic E-state index is 0.175. The summed E-state index contributed by atoms with van der Waals surface area (Å²) in [6.07, 6.45) is 2.02. The summed E-state index contributed by atoms with van der Waals surface area (Å²) in [5.74, 6) is 4.96. The van der Waals surface area contributed by atoms with E-state index in [2.05, 4.69) is 26.0 Å². The second-order valence-electron chi connectivity index (χ2n) is 3.68. The molecule has 1 fully saturated rings. The van der Waals surface area contributed by atoms with Crippen molar-refractivity contribution in [3.05, 3.63) is 11.2 Å². The molecule has 1 aliphatic heterocycles. The average Bonchev–Trinajstić information content (AvgIpc) is 2.35. The Hall–Kier alpha value is -1.93. The van der Waals surface area contributed by atoms with Crippen LogP contribution in [0.15, 0.2) is 6.20 Å². The molecule has 96 valence electrons. The zero-order valence-corrected chi connectivity index (χ0v) is 9.99. The van der Waals surface area contributed by atoms with Gasteiger partial charge in [0.25, 0.3) is 0 Å². The molecule has 18 heavy (non-hydrogen) atoms. The number of hydrazine groups is 1. The first-order valence-electron chi connectivity index (χ1n) is 5.19. The van der Waals surface area contributed by atoms with Gasteiger partial charge in [-0.15, -0.1) is 0 Å². The average molecular weight is 271 g/mol. The fourth-order valence-corrected chi connectivity index (χ4v) is 1.68. The Morgan fingerprint density at radius 3 is 2.94 bits per heavy atom. The smallest absolute Gasteiger partial charge is 0.249 e. The van der Waals surface area contributed by atoms with Gasteiger partial charge in [-0.25, -0.2) is 10.8 Å². The highest BCUT2D eigenvalue weighted by Gasteiger charge is 2.27. The van der Waals surface area contributed by atoms with Crippen molar-refractivity contribution in [3.8, 4) is 0 Å². The van der Waals surface area contributed by atoms with Gasteiger partial charge in [0.15, 0.2) is 5.82 Å². The van der Waals surface area contributed by atoms with Gasteiger partial charge < -0.3 is 5.32 Å². The van der Waals surface area contributed by atoms with Gasteiger partial charge in [0.1, 0.15) is 11.1 Å². The number of imide groups is 1. The summed E-state index contributed by atoms with van der Waals surface area (Å²) in [5.41, 5.74) is 2.27. The number of hydrogen-bond acceptors (Lipinski definition) is 7. The number of carbonyl (C=O) groups excluding carboxylic acids is 2. The highest BCUT2D eigenvalue weighted by Crippen LogP contribution is 2.21. The van der Waals surface area contributed by atoms with Crippen LogP contribution in [0.1, 0.15) is 12.8 Å². The molecule has 0 radical (unpaired) electrons. The van der Waals surface area contributed by atoms with Gasteiger partial charge in [-0.1, -0.05) is 11.6 Å². The predicted molar refractivity (Wildman–Crippen MR) is 64.6 cm³/mol. The monoisotopic (exact) mass is 270 g/mol. The van der Waals surface area contributed by atoms with Gasteiger partial charge in [0.2, 0.25) is 17.8 Å². The number of halogens is 1. The topological polar surface area (TPSA) is 122 Å². The van der Waals surface area contributed by atoms with Gasteiger partial charge in [0, 0.05) is 6.42 Å². The molecule has 8 nitrogen and oxygen atoms in total. The minimum Gasteiger partial charge on any atom is -0.357 e. The lowest BCUT2D eigenvalue weighted by Crippen LogP contribution is -2.47. The molecule has 9 heteroatoms. The molecule has 1 aliphatic rings. The number of piperidine rings is 1. The Morgan fingerprint density at radius 2 is 2.28 bits per heavy atom. The van der Waals surface area contributed by atoms with Crippen molar-refractivity contribution in [2.45, 2.75) is 18.9 Å². The summed E-state index contributed by atoms with van der Waals surface area (Å²) in [6, 6.07) is -0.555. The van der Waals surface area contributed by atoms with Crippen LogP contribution in [0, 0.1) is 0 Å². The molecule has 0 spiro atoms. The van der Waals surface area contributed by atoms with Crippen LogP contribution in [0.5, 0.6) is 0 Å². The van der Waals surface area contributed by atoms with Gasteiger partial charge in [-0.05, 0) is 6.42 Å². The van der Waals surface area contributed by atoms with E-state index in [4.69, 9.17) is 17.4 Å². The van der Waals surface area contributed by atoms with E-state index in [0.29, 0.717) is 6.42 Å². The van der Waals surface area contributed by atoms with Crippen molar-refractivity contribution >= 4 is 35.2 Å². The maximum absolute atomic E-state index is 11.6. The van der Waals surface area contributed by atoms with Crippen LogP contribution >= 0.6 is 11.6 Å². The molecule has 0 bridgehead atoms. The Labute approximate surface area is 107 Å². The van der Waals surface area contributed by atoms with Crippen LogP contribution in [-0.2, 0) is 9.59 Å². The molecule has 1 atom stereocenters. The number of anilines is 2. The van der Waals surface area contributed by atoms with E-state index in [1.165, 1.54) is 6.20 Å². The second-order valence-corrected chi connectivity index (χ2v) is 4.09. The number of nitrogens with two attached hydrogens (primary N) is 1. The number of carbonyl (C=O) groups is 2. The third-order valence-electron chi connectivity index (χ3n) is 2.42. The van der Waals surface area contributed by atoms with Crippen molar-refractivity contribution in [1.82, 2.24) is 15.3 Å². The molecule has 0 aliphatic carbocycles. The molecule has 5 N–H and O–H groups in total. The van der Waals surface area contributed by atoms with Gasteiger partial charge in [-0.3, -0.25) is 20.3 Å². The first-order valence-corrected chi connectivity index (χ1v) is 5.57. The zero-order chi connectivity index (χ0) is 13.1. The van der Waals surface area contributed by atoms with Crippen LogP contribution in [0.4, 0.5) is 11.8 Å². The normalized spacial score (nSPS) is 19.3. The summed E-state index contributed by atoms with van der Waals surface area (Å²) in [5, 5.41) is 5.34. The van der Waals surface area contributed by atoms with Crippen LogP contribution in [0.3, 0.4) is 0 Å². The summed E-state index contributed by atoms with van der Waals surface area (Å²) in [7, 11) is 0. The molecular formula is C9H11ClN6O2. The summed E-state index contributed by atoms with van der Waals surface area (Å²) in [6.45, 7) is 0. The van der Waals surface area contributed by atoms with E-state index in [0.717, 1.165) is 0 Å². The molecule has 1 aromatic rings. The minimum atomic E-state index is -0.555. The SMILES string of the molecule is NNc1ncc(Cl)c(NC2CCC(=O)NC2=O)n1. The molecule has 0 saturated carbocycles. The van der Waals surface area contributed by atoms with Crippen molar-refractivity contribution in [2.24, 2.45) is 5.84 Å². The van der Waals surface area contributed by atoms with Gasteiger partial charge >= 0.3 is 0 Å². The maximum atomic E-state index is 11.6. The lowest BCUT2D eigenvalue weighted by Gasteiger charge is -2.22. The van der Waals surface area contributed by atoms with Gasteiger partial charge in [0.05, 0.1) is 6.20 Å². The molecule has 0 aromatic carbocycles. The molecule has 2 amide bonds. The third kappa shape index (κ3) is 2.66.